The van der Waals surface area contributed by atoms with Crippen LogP contribution in [0.25, 0.3) is 0 Å². The van der Waals surface area contributed by atoms with Crippen LogP contribution in [-0.2, 0) is 38.0 Å². The fourth-order valence-corrected chi connectivity index (χ4v) is 8.74. The van der Waals surface area contributed by atoms with Crippen LogP contribution in [0.4, 0.5) is 0 Å². The van der Waals surface area contributed by atoms with Crippen molar-refractivity contribution in [3.63, 3.8) is 0 Å². The fourth-order valence-electron chi connectivity index (χ4n) is 8.74. The summed E-state index contributed by atoms with van der Waals surface area (Å²) >= 11 is 0. The highest BCUT2D eigenvalue weighted by Crippen LogP contribution is 2.27. The number of unbranched alkanes of at least 4 members (excludes halogenated alkanes) is 27. The molecule has 0 amide bonds. The summed E-state index contributed by atoms with van der Waals surface area (Å²) in [5, 5.41) is 72.1. The lowest BCUT2D eigenvalue weighted by Crippen LogP contribution is -2.61. The Hall–Kier alpha value is -1.76. The van der Waals surface area contributed by atoms with Gasteiger partial charge in [0.1, 0.15) is 55.4 Å². The minimum atomic E-state index is -1.76. The van der Waals surface area contributed by atoms with Crippen LogP contribution in [-0.4, -0.2) is 142 Å². The predicted molar refractivity (Wildman–Crippen MR) is 261 cm³/mol. The van der Waals surface area contributed by atoms with Crippen LogP contribution in [0.2, 0.25) is 0 Å². The first-order valence-corrected chi connectivity index (χ1v) is 27.3. The number of aliphatic hydroxyl groups excluding tert-OH is 7. The smallest absolute Gasteiger partial charge is 0.306 e. The molecule has 2 fully saturated rings. The zero-order valence-electron chi connectivity index (χ0n) is 42.4. The Morgan fingerprint density at radius 3 is 1.29 bits per heavy atom. The van der Waals surface area contributed by atoms with E-state index in [9.17, 15) is 45.3 Å². The number of rotatable bonds is 43. The van der Waals surface area contributed by atoms with Gasteiger partial charge in [-0.05, 0) is 38.5 Å². The van der Waals surface area contributed by atoms with Gasteiger partial charge in [-0.3, -0.25) is 9.59 Å². The highest BCUT2D eigenvalue weighted by molar-refractivity contribution is 5.70. The SMILES string of the molecule is CCCCCCCC/C=C/CCCCCCCC(=O)OC[C@H](CO[C@H]1O[C@@H](CO[C@H]2O[C@@H](CO)[C@@H](O)C(O)C2O)[C@@H](O)C(O)C1O)OC(=O)CCCCCCCCCCCCCCCCCCC. The van der Waals surface area contributed by atoms with Gasteiger partial charge >= 0.3 is 11.9 Å². The van der Waals surface area contributed by atoms with E-state index in [1.54, 1.807) is 0 Å². The lowest BCUT2D eigenvalue weighted by Gasteiger charge is -2.42. The summed E-state index contributed by atoms with van der Waals surface area (Å²) < 4.78 is 33.6. The third kappa shape index (κ3) is 28.3. The Labute approximate surface area is 410 Å². The Balaban J connectivity index is 1.78. The number of hydrogen-bond acceptors (Lipinski definition) is 15. The molecule has 2 rings (SSSR count). The van der Waals surface area contributed by atoms with E-state index >= 15 is 0 Å². The average molecular weight is 975 g/mol. The van der Waals surface area contributed by atoms with E-state index < -0.39 is 92.7 Å². The molecule has 0 aliphatic carbocycles. The largest absolute Gasteiger partial charge is 0.462 e. The molecule has 15 nitrogen and oxygen atoms in total. The number of hydrogen-bond donors (Lipinski definition) is 7. The van der Waals surface area contributed by atoms with E-state index in [2.05, 4.69) is 26.0 Å². The Kier molecular flexibility index (Phi) is 37.4. The minimum Gasteiger partial charge on any atom is -0.462 e. The number of aliphatic hydroxyl groups is 7. The van der Waals surface area contributed by atoms with Crippen LogP contribution in [0.1, 0.15) is 219 Å². The Morgan fingerprint density at radius 1 is 0.456 bits per heavy atom. The summed E-state index contributed by atoms with van der Waals surface area (Å²) in [4.78, 5) is 25.8. The molecule has 2 aliphatic heterocycles. The van der Waals surface area contributed by atoms with Crippen molar-refractivity contribution in [3.05, 3.63) is 12.2 Å². The molecule has 2 aliphatic rings. The first-order valence-electron chi connectivity index (χ1n) is 27.3. The molecule has 400 valence electrons. The maximum absolute atomic E-state index is 13.0. The van der Waals surface area contributed by atoms with E-state index in [1.165, 1.54) is 122 Å². The third-order valence-electron chi connectivity index (χ3n) is 13.2. The molecule has 2 saturated heterocycles. The second kappa shape index (κ2) is 40.8. The first-order chi connectivity index (χ1) is 33.0. The van der Waals surface area contributed by atoms with E-state index in [0.29, 0.717) is 12.8 Å². The van der Waals surface area contributed by atoms with Crippen molar-refractivity contribution < 1.29 is 73.8 Å². The molecule has 7 N–H and O–H groups in total. The van der Waals surface area contributed by atoms with E-state index in [-0.39, 0.29) is 26.1 Å². The van der Waals surface area contributed by atoms with Crippen molar-refractivity contribution in [1.82, 2.24) is 0 Å². The van der Waals surface area contributed by atoms with Gasteiger partial charge in [0, 0.05) is 12.8 Å². The molecule has 0 bridgehead atoms. The van der Waals surface area contributed by atoms with E-state index in [1.807, 2.05) is 0 Å². The molecular weight excluding hydrogens is 877 g/mol. The van der Waals surface area contributed by atoms with Gasteiger partial charge in [0.15, 0.2) is 18.7 Å². The van der Waals surface area contributed by atoms with E-state index in [4.69, 9.17) is 28.4 Å². The second-order valence-corrected chi connectivity index (χ2v) is 19.4. The van der Waals surface area contributed by atoms with Gasteiger partial charge in [-0.25, -0.2) is 0 Å². The van der Waals surface area contributed by atoms with E-state index in [0.717, 1.165) is 57.8 Å². The molecule has 4 unspecified atom stereocenters. The standard InChI is InChI=1S/C53H98O15/c1-3-5-7-9-11-13-15-17-19-20-22-24-26-28-30-32-34-36-45(56)66-41(38-63-44(55)35-33-31-29-27-25-23-21-18-16-14-12-10-8-6-4-2)39-64-52-51(62)49(60)47(58)43(68-52)40-65-53-50(61)48(59)46(57)42(37-54)67-53/h18,21,41-43,46-54,57-62H,3-17,19-20,22-40H2,1-2H3/b21-18+/t41-,42+,43+,46-,47-,48?,49?,50?,51?,52+,53+/m1/s1. The number of ether oxygens (including phenoxy) is 6. The molecule has 0 spiro atoms. The van der Waals surface area contributed by atoms with Crippen LogP contribution >= 0.6 is 0 Å². The highest BCUT2D eigenvalue weighted by Gasteiger charge is 2.47. The molecule has 68 heavy (non-hydrogen) atoms. The van der Waals surface area contributed by atoms with Gasteiger partial charge in [-0.2, -0.15) is 0 Å². The minimum absolute atomic E-state index is 0.169. The third-order valence-corrected chi connectivity index (χ3v) is 13.2. The maximum Gasteiger partial charge on any atom is 0.306 e. The monoisotopic (exact) mass is 975 g/mol. The average Bonchev–Trinajstić information content (AvgIpc) is 3.33. The number of carbonyl (C=O) groups excluding carboxylic acids is 2. The molecule has 0 saturated carbocycles. The van der Waals surface area contributed by atoms with Crippen LogP contribution < -0.4 is 0 Å². The van der Waals surface area contributed by atoms with Gasteiger partial charge in [-0.15, -0.1) is 0 Å². The fraction of sp³-hybridized carbons (Fsp3) is 0.925. The number of allylic oxidation sites excluding steroid dienone is 2. The predicted octanol–water partition coefficient (Wildman–Crippen LogP) is 8.16. The molecule has 0 radical (unpaired) electrons. The van der Waals surface area contributed by atoms with Crippen molar-refractivity contribution in [2.24, 2.45) is 0 Å². The van der Waals surface area contributed by atoms with Crippen LogP contribution in [0.5, 0.6) is 0 Å². The van der Waals surface area contributed by atoms with Crippen molar-refractivity contribution >= 4 is 11.9 Å². The normalized spacial score (nSPS) is 25.8. The molecule has 15 heteroatoms. The highest BCUT2D eigenvalue weighted by atomic mass is 16.7. The number of carbonyl (C=O) groups is 2. The van der Waals surface area contributed by atoms with Crippen molar-refractivity contribution in [2.75, 3.05) is 26.4 Å². The molecule has 2 heterocycles. The first kappa shape index (κ1) is 62.4. The van der Waals surface area contributed by atoms with Crippen molar-refractivity contribution in [3.8, 4) is 0 Å². The van der Waals surface area contributed by atoms with Crippen molar-refractivity contribution in [2.45, 2.75) is 287 Å². The molecule has 0 aromatic heterocycles. The van der Waals surface area contributed by atoms with Crippen molar-refractivity contribution in [1.29, 1.82) is 0 Å². The summed E-state index contributed by atoms with van der Waals surface area (Å²) in [6, 6.07) is 0. The van der Waals surface area contributed by atoms with Crippen LogP contribution in [0, 0.1) is 0 Å². The van der Waals surface area contributed by atoms with Gasteiger partial charge < -0.3 is 64.2 Å². The number of esters is 2. The Morgan fingerprint density at radius 2 is 0.838 bits per heavy atom. The summed E-state index contributed by atoms with van der Waals surface area (Å²) in [5.41, 5.74) is 0. The molecule has 0 aromatic carbocycles. The lowest BCUT2D eigenvalue weighted by molar-refractivity contribution is -0.332. The molecular formula is C53H98O15. The summed E-state index contributed by atoms with van der Waals surface area (Å²) in [6.45, 7) is 2.61. The summed E-state index contributed by atoms with van der Waals surface area (Å²) in [6.07, 6.45) is 23.7. The topological polar surface area (TPSA) is 231 Å². The van der Waals surface area contributed by atoms with Crippen LogP contribution in [0.15, 0.2) is 12.2 Å². The van der Waals surface area contributed by atoms with Gasteiger partial charge in [-0.1, -0.05) is 180 Å². The zero-order valence-corrected chi connectivity index (χ0v) is 42.4. The van der Waals surface area contributed by atoms with Crippen LogP contribution in [0.3, 0.4) is 0 Å². The molecule has 11 atom stereocenters. The zero-order chi connectivity index (χ0) is 49.6. The van der Waals surface area contributed by atoms with Gasteiger partial charge in [0.05, 0.1) is 19.8 Å². The van der Waals surface area contributed by atoms with Gasteiger partial charge in [0.25, 0.3) is 0 Å². The Bertz CT molecular complexity index is 1240. The lowest BCUT2D eigenvalue weighted by atomic mass is 9.98. The summed E-state index contributed by atoms with van der Waals surface area (Å²) in [7, 11) is 0. The quantitative estimate of drug-likeness (QED) is 0.0174. The maximum atomic E-state index is 13.0. The molecule has 0 aromatic rings. The summed E-state index contributed by atoms with van der Waals surface area (Å²) in [5.74, 6) is -0.922. The van der Waals surface area contributed by atoms with Gasteiger partial charge in [0.2, 0.25) is 0 Å². The second-order valence-electron chi connectivity index (χ2n) is 19.4.